The zero-order valence-corrected chi connectivity index (χ0v) is 21.1. The van der Waals surface area contributed by atoms with E-state index < -0.39 is 6.10 Å². The predicted molar refractivity (Wildman–Crippen MR) is 140 cm³/mol. The van der Waals surface area contributed by atoms with Gasteiger partial charge in [0, 0.05) is 19.6 Å². The number of hydrogen-bond donors (Lipinski definition) is 1. The molecular formula is C31H38O5. The normalized spacial score (nSPS) is 24.7. The maximum atomic E-state index is 10.4. The Morgan fingerprint density at radius 1 is 0.611 bits per heavy atom. The summed E-state index contributed by atoms with van der Waals surface area (Å²) in [5.41, 5.74) is 3.26. The van der Waals surface area contributed by atoms with Gasteiger partial charge < -0.3 is 24.1 Å². The minimum absolute atomic E-state index is 0.0354. The van der Waals surface area contributed by atoms with Crippen LogP contribution in [0, 0.1) is 5.92 Å². The summed E-state index contributed by atoms with van der Waals surface area (Å²) < 4.78 is 25.7. The highest BCUT2D eigenvalue weighted by molar-refractivity contribution is 5.15. The van der Waals surface area contributed by atoms with Crippen molar-refractivity contribution in [2.24, 2.45) is 5.92 Å². The summed E-state index contributed by atoms with van der Waals surface area (Å²) in [6.07, 6.45) is 1.34. The lowest BCUT2D eigenvalue weighted by molar-refractivity contribution is -0.204. The monoisotopic (exact) mass is 490 g/mol. The van der Waals surface area contributed by atoms with E-state index in [-0.39, 0.29) is 30.8 Å². The van der Waals surface area contributed by atoms with Crippen LogP contribution in [0.15, 0.2) is 91.0 Å². The molecule has 0 aromatic heterocycles. The fourth-order valence-electron chi connectivity index (χ4n) is 4.95. The smallest absolute Gasteiger partial charge is 0.113 e. The van der Waals surface area contributed by atoms with Crippen LogP contribution < -0.4 is 0 Å². The van der Waals surface area contributed by atoms with Gasteiger partial charge in [-0.1, -0.05) is 97.4 Å². The minimum Gasteiger partial charge on any atom is -0.396 e. The highest BCUT2D eigenvalue weighted by atomic mass is 16.6. The Balaban J connectivity index is 1.62. The number of aliphatic hydroxyl groups is 1. The molecule has 0 amide bonds. The van der Waals surface area contributed by atoms with Crippen molar-refractivity contribution in [2.45, 2.75) is 63.5 Å². The lowest BCUT2D eigenvalue weighted by Crippen LogP contribution is -2.53. The molecule has 1 fully saturated rings. The van der Waals surface area contributed by atoms with Gasteiger partial charge in [-0.25, -0.2) is 0 Å². The first-order valence-electron chi connectivity index (χ1n) is 12.9. The highest BCUT2D eigenvalue weighted by Crippen LogP contribution is 2.32. The number of ether oxygens (including phenoxy) is 4. The van der Waals surface area contributed by atoms with Gasteiger partial charge in [0.1, 0.15) is 12.2 Å². The predicted octanol–water partition coefficient (Wildman–Crippen LogP) is 5.55. The van der Waals surface area contributed by atoms with Crippen LogP contribution in [0.4, 0.5) is 0 Å². The Bertz CT molecular complexity index is 922. The van der Waals surface area contributed by atoms with E-state index >= 15 is 0 Å². The summed E-state index contributed by atoms with van der Waals surface area (Å²) in [5.74, 6) is -0.0601. The molecule has 0 unspecified atom stereocenters. The average Bonchev–Trinajstić information content (AvgIpc) is 2.93. The second kappa shape index (κ2) is 14.3. The van der Waals surface area contributed by atoms with Crippen LogP contribution in [0.3, 0.4) is 0 Å². The van der Waals surface area contributed by atoms with Gasteiger partial charge in [-0.2, -0.15) is 0 Å². The molecule has 1 saturated carbocycles. The number of hydrogen-bond acceptors (Lipinski definition) is 5. The van der Waals surface area contributed by atoms with Crippen molar-refractivity contribution in [3.63, 3.8) is 0 Å². The third-order valence-corrected chi connectivity index (χ3v) is 6.94. The molecule has 0 spiro atoms. The molecule has 0 saturated heterocycles. The van der Waals surface area contributed by atoms with E-state index in [4.69, 9.17) is 18.9 Å². The number of benzene rings is 3. The van der Waals surface area contributed by atoms with Crippen LogP contribution in [0.5, 0.6) is 0 Å². The van der Waals surface area contributed by atoms with Crippen LogP contribution in [-0.2, 0) is 38.8 Å². The first-order valence-corrected chi connectivity index (χ1v) is 12.9. The first-order chi connectivity index (χ1) is 17.8. The largest absolute Gasteiger partial charge is 0.396 e. The van der Waals surface area contributed by atoms with Crippen molar-refractivity contribution in [1.82, 2.24) is 0 Å². The minimum atomic E-state index is -0.417. The second-order valence-corrected chi connectivity index (χ2v) is 9.43. The van der Waals surface area contributed by atoms with Gasteiger partial charge >= 0.3 is 0 Å². The summed E-state index contributed by atoms with van der Waals surface area (Å²) in [5, 5.41) is 10.4. The third-order valence-electron chi connectivity index (χ3n) is 6.94. The lowest BCUT2D eigenvalue weighted by Gasteiger charge is -2.42. The van der Waals surface area contributed by atoms with Gasteiger partial charge in [0.2, 0.25) is 0 Å². The van der Waals surface area contributed by atoms with Crippen molar-refractivity contribution in [3.8, 4) is 0 Å². The molecule has 0 heterocycles. The van der Waals surface area contributed by atoms with Gasteiger partial charge in [0.05, 0.1) is 32.0 Å². The zero-order chi connectivity index (χ0) is 25.0. The maximum Gasteiger partial charge on any atom is 0.113 e. The standard InChI is InChI=1S/C31H38O5/c1-33-28-19-11-18-27(20-32)29(34-21-24-12-5-2-6-13-24)31(36-23-26-16-9-4-10-17-26)30(28)35-22-25-14-7-3-8-15-25/h2-10,12-17,27-32H,11,18-23H2,1H3/t27-,28+,29+,30-,31-/m0/s1. The fourth-order valence-corrected chi connectivity index (χ4v) is 4.95. The van der Waals surface area contributed by atoms with Crippen molar-refractivity contribution in [1.29, 1.82) is 0 Å². The Morgan fingerprint density at radius 3 is 1.50 bits per heavy atom. The van der Waals surface area contributed by atoms with E-state index in [9.17, 15) is 5.11 Å². The van der Waals surface area contributed by atoms with Gasteiger partial charge in [0.15, 0.2) is 0 Å². The molecule has 36 heavy (non-hydrogen) atoms. The summed E-state index contributed by atoms with van der Waals surface area (Å²) in [4.78, 5) is 0. The van der Waals surface area contributed by atoms with Crippen LogP contribution in [0.2, 0.25) is 0 Å². The molecule has 3 aromatic rings. The quantitative estimate of drug-likeness (QED) is 0.382. The van der Waals surface area contributed by atoms with Gasteiger partial charge in [-0.3, -0.25) is 0 Å². The Morgan fingerprint density at radius 2 is 1.06 bits per heavy atom. The molecule has 0 radical (unpaired) electrons. The van der Waals surface area contributed by atoms with E-state index in [2.05, 4.69) is 36.4 Å². The second-order valence-electron chi connectivity index (χ2n) is 9.43. The molecule has 0 aliphatic heterocycles. The van der Waals surface area contributed by atoms with Gasteiger partial charge in [-0.05, 0) is 29.5 Å². The number of methoxy groups -OCH3 is 1. The molecule has 5 heteroatoms. The van der Waals surface area contributed by atoms with Crippen molar-refractivity contribution in [3.05, 3.63) is 108 Å². The first kappa shape index (κ1) is 26.5. The maximum absolute atomic E-state index is 10.4. The highest BCUT2D eigenvalue weighted by Gasteiger charge is 2.42. The molecule has 0 bridgehead atoms. The molecule has 4 rings (SSSR count). The number of aliphatic hydroxyl groups excluding tert-OH is 1. The van der Waals surface area contributed by atoms with Gasteiger partial charge in [-0.15, -0.1) is 0 Å². The summed E-state index contributed by atoms with van der Waals surface area (Å²) in [6.45, 7) is 1.35. The molecule has 1 aliphatic rings. The fraction of sp³-hybridized carbons (Fsp3) is 0.419. The van der Waals surface area contributed by atoms with Crippen LogP contribution in [0.1, 0.15) is 36.0 Å². The topological polar surface area (TPSA) is 57.2 Å². The average molecular weight is 491 g/mol. The SMILES string of the molecule is CO[C@@H]1CCC[C@@H](CO)[C@@H](OCc2ccccc2)[C@H](OCc2ccccc2)[C@H]1OCc1ccccc1. The van der Waals surface area contributed by atoms with E-state index in [1.165, 1.54) is 0 Å². The van der Waals surface area contributed by atoms with E-state index in [1.807, 2.05) is 54.6 Å². The van der Waals surface area contributed by atoms with Crippen LogP contribution in [0.25, 0.3) is 0 Å². The molecule has 5 nitrogen and oxygen atoms in total. The van der Waals surface area contributed by atoms with Crippen LogP contribution in [-0.4, -0.2) is 43.2 Å². The van der Waals surface area contributed by atoms with Crippen LogP contribution >= 0.6 is 0 Å². The van der Waals surface area contributed by atoms with Crippen molar-refractivity contribution in [2.75, 3.05) is 13.7 Å². The van der Waals surface area contributed by atoms with Crippen molar-refractivity contribution < 1.29 is 24.1 Å². The Kier molecular flexibility index (Phi) is 10.5. The molecule has 1 aliphatic carbocycles. The third kappa shape index (κ3) is 7.48. The summed E-state index contributed by atoms with van der Waals surface area (Å²) in [6, 6.07) is 30.4. The Hall–Kier alpha value is -2.54. The van der Waals surface area contributed by atoms with Gasteiger partial charge in [0.25, 0.3) is 0 Å². The summed E-state index contributed by atoms with van der Waals surface area (Å²) in [7, 11) is 1.74. The van der Waals surface area contributed by atoms with Crippen molar-refractivity contribution >= 4 is 0 Å². The molecule has 5 atom stereocenters. The molecule has 1 N–H and O–H groups in total. The summed E-state index contributed by atoms with van der Waals surface area (Å²) >= 11 is 0. The lowest BCUT2D eigenvalue weighted by atomic mass is 9.84. The molecule has 192 valence electrons. The van der Waals surface area contributed by atoms with E-state index in [0.717, 1.165) is 36.0 Å². The number of rotatable bonds is 11. The van der Waals surface area contributed by atoms with E-state index in [0.29, 0.717) is 19.8 Å². The zero-order valence-electron chi connectivity index (χ0n) is 21.1. The van der Waals surface area contributed by atoms with E-state index in [1.54, 1.807) is 7.11 Å². The Labute approximate surface area is 215 Å². The molecule has 3 aromatic carbocycles. The molecular weight excluding hydrogens is 452 g/mol.